The van der Waals surface area contributed by atoms with Crippen molar-refractivity contribution >= 4 is 17.7 Å². The van der Waals surface area contributed by atoms with E-state index < -0.39 is 5.56 Å². The van der Waals surface area contributed by atoms with Crippen molar-refractivity contribution in [2.45, 2.75) is 38.7 Å². The molecule has 1 rings (SSSR count). The van der Waals surface area contributed by atoms with Crippen LogP contribution in [0, 0.1) is 0 Å². The minimum Gasteiger partial charge on any atom is -0.401 e. The highest BCUT2D eigenvalue weighted by molar-refractivity contribution is 6.19. The summed E-state index contributed by atoms with van der Waals surface area (Å²) in [6.45, 7) is 6.32. The van der Waals surface area contributed by atoms with Crippen LogP contribution in [0.15, 0.2) is 0 Å². The smallest absolute Gasteiger partial charge is 0.401 e. The minimum absolute atomic E-state index is 0.158. The lowest BCUT2D eigenvalue weighted by atomic mass is 10.1. The van der Waals surface area contributed by atoms with E-state index >= 15 is 0 Å². The van der Waals surface area contributed by atoms with E-state index in [2.05, 4.69) is 0 Å². The van der Waals surface area contributed by atoms with Gasteiger partial charge in [-0.25, -0.2) is 4.48 Å². The largest absolute Gasteiger partial charge is 0.517 e. The molecule has 3 nitrogen and oxygen atoms in total. The first-order valence-corrected chi connectivity index (χ1v) is 5.76. The third kappa shape index (κ3) is 2.61. The number of quaternary nitrogens is 1. The van der Waals surface area contributed by atoms with Gasteiger partial charge in [0.25, 0.3) is 0 Å². The summed E-state index contributed by atoms with van der Waals surface area (Å²) in [5.74, 6) is 0. The van der Waals surface area contributed by atoms with Crippen molar-refractivity contribution in [1.29, 1.82) is 0 Å². The van der Waals surface area contributed by atoms with Crippen molar-refractivity contribution in [3.63, 3.8) is 0 Å². The second-order valence-corrected chi connectivity index (χ2v) is 4.51. The molecule has 1 heterocycles. The quantitative estimate of drug-likeness (QED) is 0.529. The summed E-state index contributed by atoms with van der Waals surface area (Å²) in [7, 11) is 0. The molecule has 0 radical (unpaired) electrons. The lowest BCUT2D eigenvalue weighted by Crippen LogP contribution is -2.56. The molecule has 0 saturated carbocycles. The Morgan fingerprint density at radius 1 is 1.43 bits per heavy atom. The van der Waals surface area contributed by atoms with Gasteiger partial charge in [-0.05, 0) is 33.1 Å². The van der Waals surface area contributed by atoms with Crippen molar-refractivity contribution in [1.82, 2.24) is 0 Å². The first kappa shape index (κ1) is 11.8. The summed E-state index contributed by atoms with van der Waals surface area (Å²) in [4.78, 5) is 11.8. The molecule has 1 saturated heterocycles. The van der Waals surface area contributed by atoms with Crippen LogP contribution in [-0.4, -0.2) is 35.8 Å². The van der Waals surface area contributed by atoms with E-state index in [9.17, 15) is 4.79 Å². The van der Waals surface area contributed by atoms with Crippen molar-refractivity contribution in [3.05, 3.63) is 0 Å². The average molecular weight is 221 g/mol. The zero-order chi connectivity index (χ0) is 10.6. The Morgan fingerprint density at radius 2 is 2.00 bits per heavy atom. The topological polar surface area (TPSA) is 26.3 Å². The number of carbonyl (C=O) groups is 1. The first-order valence-electron chi connectivity index (χ1n) is 5.32. The molecule has 0 aromatic heterocycles. The first-order chi connectivity index (χ1) is 6.60. The molecular formula is C10H19ClNO2+. The SMILES string of the molecule is CC[N+]1(C(=O)OC(C)Cl)CCCCC1. The second kappa shape index (κ2) is 4.99. The van der Waals surface area contributed by atoms with Crippen LogP contribution < -0.4 is 0 Å². The fourth-order valence-electron chi connectivity index (χ4n) is 2.00. The van der Waals surface area contributed by atoms with Gasteiger partial charge in [-0.15, -0.1) is 0 Å². The molecule has 0 aromatic carbocycles. The number of hydrogen-bond acceptors (Lipinski definition) is 2. The average Bonchev–Trinajstić information content (AvgIpc) is 2.18. The lowest BCUT2D eigenvalue weighted by Gasteiger charge is -2.36. The Kier molecular flexibility index (Phi) is 4.20. The Morgan fingerprint density at radius 3 is 2.43 bits per heavy atom. The molecule has 1 aliphatic rings. The molecule has 0 N–H and O–H groups in total. The van der Waals surface area contributed by atoms with Crippen LogP contribution in [0.25, 0.3) is 0 Å². The maximum atomic E-state index is 11.8. The third-order valence-corrected chi connectivity index (χ3v) is 3.02. The Labute approximate surface area is 90.6 Å². The van der Waals surface area contributed by atoms with Crippen LogP contribution in [0.5, 0.6) is 0 Å². The molecule has 82 valence electrons. The van der Waals surface area contributed by atoms with Gasteiger partial charge in [0.2, 0.25) is 0 Å². The monoisotopic (exact) mass is 220 g/mol. The molecular weight excluding hydrogens is 202 g/mol. The van der Waals surface area contributed by atoms with E-state index in [-0.39, 0.29) is 6.09 Å². The van der Waals surface area contributed by atoms with Gasteiger partial charge in [0.05, 0.1) is 19.6 Å². The van der Waals surface area contributed by atoms with Gasteiger partial charge < -0.3 is 4.74 Å². The number of rotatable bonds is 2. The van der Waals surface area contributed by atoms with Crippen LogP contribution in [0.3, 0.4) is 0 Å². The predicted octanol–water partition coefficient (Wildman–Crippen LogP) is 2.73. The molecule has 1 aliphatic heterocycles. The van der Waals surface area contributed by atoms with E-state index in [0.717, 1.165) is 32.5 Å². The molecule has 1 amide bonds. The predicted molar refractivity (Wildman–Crippen MR) is 56.2 cm³/mol. The summed E-state index contributed by atoms with van der Waals surface area (Å²) in [5, 5.41) is 0. The van der Waals surface area contributed by atoms with Crippen LogP contribution in [0.4, 0.5) is 4.79 Å². The van der Waals surface area contributed by atoms with Gasteiger partial charge >= 0.3 is 6.09 Å². The van der Waals surface area contributed by atoms with Crippen molar-refractivity contribution in [3.8, 4) is 0 Å². The maximum absolute atomic E-state index is 11.8. The molecule has 1 atom stereocenters. The number of ether oxygens (including phenoxy) is 1. The summed E-state index contributed by atoms with van der Waals surface area (Å²) in [6.07, 6.45) is 3.29. The van der Waals surface area contributed by atoms with Crippen LogP contribution >= 0.6 is 11.6 Å². The number of piperidine rings is 1. The van der Waals surface area contributed by atoms with Gasteiger partial charge in [0, 0.05) is 0 Å². The summed E-state index contributed by atoms with van der Waals surface area (Å²) < 4.78 is 5.54. The molecule has 14 heavy (non-hydrogen) atoms. The van der Waals surface area contributed by atoms with Gasteiger partial charge in [0.1, 0.15) is 0 Å². The summed E-state index contributed by atoms with van der Waals surface area (Å²) in [6, 6.07) is 0. The van der Waals surface area contributed by atoms with E-state index in [1.807, 2.05) is 6.92 Å². The number of nitrogens with zero attached hydrogens (tertiary/aromatic N) is 1. The number of hydrogen-bond donors (Lipinski definition) is 0. The number of carbonyl (C=O) groups excluding carboxylic acids is 1. The van der Waals surface area contributed by atoms with Crippen LogP contribution in [0.1, 0.15) is 33.1 Å². The van der Waals surface area contributed by atoms with Gasteiger partial charge in [-0.2, -0.15) is 4.79 Å². The van der Waals surface area contributed by atoms with Crippen molar-refractivity contribution in [2.24, 2.45) is 0 Å². The lowest BCUT2D eigenvalue weighted by molar-refractivity contribution is -0.861. The molecule has 0 aromatic rings. The summed E-state index contributed by atoms with van der Waals surface area (Å²) in [5.41, 5.74) is -0.522. The molecule has 0 spiro atoms. The van der Waals surface area contributed by atoms with E-state index in [1.165, 1.54) is 6.42 Å². The maximum Gasteiger partial charge on any atom is 0.517 e. The standard InChI is InChI=1S/C10H19ClNO2/c1-3-12(7-5-4-6-8-12)10(13)14-9(2)11/h9H,3-8H2,1-2H3/q+1. The Hall–Kier alpha value is -0.280. The minimum atomic E-state index is -0.522. The van der Waals surface area contributed by atoms with Gasteiger partial charge in [0.15, 0.2) is 5.56 Å². The van der Waals surface area contributed by atoms with Crippen molar-refractivity contribution in [2.75, 3.05) is 19.6 Å². The van der Waals surface area contributed by atoms with E-state index in [1.54, 1.807) is 6.92 Å². The molecule has 0 aliphatic carbocycles. The Balaban J connectivity index is 2.62. The third-order valence-electron chi connectivity index (χ3n) is 2.93. The zero-order valence-electron chi connectivity index (χ0n) is 8.96. The highest BCUT2D eigenvalue weighted by atomic mass is 35.5. The molecule has 4 heteroatoms. The number of halogens is 1. The Bertz CT molecular complexity index is 200. The van der Waals surface area contributed by atoms with Crippen molar-refractivity contribution < 1.29 is 14.0 Å². The number of amides is 1. The second-order valence-electron chi connectivity index (χ2n) is 3.90. The zero-order valence-corrected chi connectivity index (χ0v) is 9.72. The fourth-order valence-corrected chi connectivity index (χ4v) is 2.07. The number of alkyl halides is 1. The molecule has 1 fully saturated rings. The fraction of sp³-hybridized carbons (Fsp3) is 0.900. The van der Waals surface area contributed by atoms with E-state index in [4.69, 9.17) is 16.3 Å². The van der Waals surface area contributed by atoms with Gasteiger partial charge in [-0.3, -0.25) is 0 Å². The number of likely N-dealkylation sites (tertiary alicyclic amines) is 1. The highest BCUT2D eigenvalue weighted by Gasteiger charge is 2.38. The van der Waals surface area contributed by atoms with Gasteiger partial charge in [-0.1, -0.05) is 11.6 Å². The van der Waals surface area contributed by atoms with Crippen LogP contribution in [-0.2, 0) is 4.74 Å². The molecule has 1 unspecified atom stereocenters. The molecule has 0 bridgehead atoms. The highest BCUT2D eigenvalue weighted by Crippen LogP contribution is 2.21. The summed E-state index contributed by atoms with van der Waals surface area (Å²) >= 11 is 5.66. The normalized spacial score (nSPS) is 22.8. The van der Waals surface area contributed by atoms with E-state index in [0.29, 0.717) is 4.48 Å². The van der Waals surface area contributed by atoms with Crippen LogP contribution in [0.2, 0.25) is 0 Å².